The summed E-state index contributed by atoms with van der Waals surface area (Å²) in [7, 11) is 0. The Hall–Kier alpha value is -2.68. The number of allylic oxidation sites excluding steroid dienone is 1. The van der Waals surface area contributed by atoms with Gasteiger partial charge in [0.15, 0.2) is 0 Å². The Balaban J connectivity index is 2.26. The van der Waals surface area contributed by atoms with Crippen LogP contribution in [0.5, 0.6) is 0 Å². The van der Waals surface area contributed by atoms with Crippen LogP contribution in [-0.2, 0) is 16.1 Å². The molecule has 7 nitrogen and oxygen atoms in total. The van der Waals surface area contributed by atoms with Gasteiger partial charge in [-0.2, -0.15) is 0 Å². The number of aryl methyl sites for hydroxylation is 1. The number of carbonyl (C=O) groups excluding carboxylic acids is 2. The van der Waals surface area contributed by atoms with Gasteiger partial charge in [0.05, 0.1) is 22.5 Å². The minimum Gasteiger partial charge on any atom is -0.450 e. The molecule has 0 aliphatic carbocycles. The molecule has 1 aromatic heterocycles. The molecule has 0 unspecified atom stereocenters. The molecule has 2 aromatic rings. The number of amides is 2. The Morgan fingerprint density at radius 3 is 2.67 bits per heavy atom. The van der Waals surface area contributed by atoms with E-state index in [0.29, 0.717) is 28.9 Å². The highest BCUT2D eigenvalue weighted by molar-refractivity contribution is 7.16. The van der Waals surface area contributed by atoms with Gasteiger partial charge in [-0.15, -0.1) is 0 Å². The van der Waals surface area contributed by atoms with Gasteiger partial charge in [-0.25, -0.2) is 9.18 Å². The molecule has 1 heterocycles. The zero-order chi connectivity index (χ0) is 20.0. The number of rotatable bonds is 7. The topological polar surface area (TPSA) is 89.4 Å². The summed E-state index contributed by atoms with van der Waals surface area (Å²) in [6.07, 6.45) is 1.65. The monoisotopic (exact) mass is 395 g/mol. The van der Waals surface area contributed by atoms with Crippen LogP contribution >= 0.6 is 11.3 Å². The van der Waals surface area contributed by atoms with Gasteiger partial charge >= 0.3 is 11.0 Å². The number of thiazole rings is 1. The van der Waals surface area contributed by atoms with Crippen molar-refractivity contribution in [1.29, 1.82) is 0 Å². The number of carbonyl (C=O) groups is 2. The standard InChI is InChI=1S/C18H22FN3O4S/c1-4-7-22-14-10-13(12(19)9-15(14)27-18(22)25)21-16(23)8-11(5-2)20-17(24)26-6-3/h8-10H,4-7H2,1-3H3,(H,20,24)(H,21,23). The lowest BCUT2D eigenvalue weighted by atomic mass is 10.2. The van der Waals surface area contributed by atoms with Crippen LogP contribution in [-0.4, -0.2) is 23.2 Å². The average Bonchev–Trinajstić information content (AvgIpc) is 2.90. The predicted octanol–water partition coefficient (Wildman–Crippen LogP) is 3.59. The van der Waals surface area contributed by atoms with Crippen LogP contribution in [0.2, 0.25) is 0 Å². The fraction of sp³-hybridized carbons (Fsp3) is 0.389. The lowest BCUT2D eigenvalue weighted by molar-refractivity contribution is -0.112. The van der Waals surface area contributed by atoms with Crippen molar-refractivity contribution in [3.63, 3.8) is 0 Å². The van der Waals surface area contributed by atoms with Crippen LogP contribution in [0.1, 0.15) is 33.6 Å². The lowest BCUT2D eigenvalue weighted by Gasteiger charge is -2.09. The number of hydrogen-bond acceptors (Lipinski definition) is 5. The molecule has 0 saturated heterocycles. The van der Waals surface area contributed by atoms with Crippen LogP contribution < -0.4 is 15.5 Å². The number of halogens is 1. The number of ether oxygens (including phenoxy) is 1. The van der Waals surface area contributed by atoms with Gasteiger partial charge in [0, 0.05) is 18.3 Å². The molecular formula is C18H22FN3O4S. The summed E-state index contributed by atoms with van der Waals surface area (Å²) < 4.78 is 21.2. The number of fused-ring (bicyclic) bond motifs is 1. The first-order chi connectivity index (χ1) is 12.9. The first-order valence-corrected chi connectivity index (χ1v) is 9.49. The molecule has 0 saturated carbocycles. The fourth-order valence-corrected chi connectivity index (χ4v) is 3.39. The largest absolute Gasteiger partial charge is 0.450 e. The van der Waals surface area contributed by atoms with Gasteiger partial charge < -0.3 is 10.1 Å². The van der Waals surface area contributed by atoms with E-state index in [-0.39, 0.29) is 17.2 Å². The Labute approximate surface area is 159 Å². The normalized spacial score (nSPS) is 11.5. The van der Waals surface area contributed by atoms with E-state index in [0.717, 1.165) is 17.8 Å². The summed E-state index contributed by atoms with van der Waals surface area (Å²) in [4.78, 5) is 35.5. The third-order valence-electron chi connectivity index (χ3n) is 3.69. The Morgan fingerprint density at radius 1 is 1.30 bits per heavy atom. The van der Waals surface area contributed by atoms with Crippen molar-refractivity contribution < 1.29 is 18.7 Å². The van der Waals surface area contributed by atoms with E-state index in [1.165, 1.54) is 18.2 Å². The molecule has 0 spiro atoms. The van der Waals surface area contributed by atoms with Crippen molar-refractivity contribution in [3.05, 3.63) is 39.4 Å². The van der Waals surface area contributed by atoms with E-state index in [1.54, 1.807) is 18.4 Å². The second-order valence-corrected chi connectivity index (χ2v) is 6.67. The zero-order valence-electron chi connectivity index (χ0n) is 15.4. The molecule has 0 aliphatic heterocycles. The highest BCUT2D eigenvalue weighted by Gasteiger charge is 2.14. The molecule has 2 amide bonds. The molecule has 0 fully saturated rings. The summed E-state index contributed by atoms with van der Waals surface area (Å²) in [5.74, 6) is -1.23. The van der Waals surface area contributed by atoms with E-state index in [9.17, 15) is 18.8 Å². The number of nitrogens with zero attached hydrogens (tertiary/aromatic N) is 1. The van der Waals surface area contributed by atoms with E-state index in [2.05, 4.69) is 10.6 Å². The average molecular weight is 395 g/mol. The van der Waals surface area contributed by atoms with Gasteiger partial charge in [0.25, 0.3) is 0 Å². The Kier molecular flexibility index (Phi) is 7.12. The van der Waals surface area contributed by atoms with E-state index < -0.39 is 17.8 Å². The first-order valence-electron chi connectivity index (χ1n) is 8.67. The second kappa shape index (κ2) is 9.31. The molecule has 0 radical (unpaired) electrons. The highest BCUT2D eigenvalue weighted by atomic mass is 32.1. The third-order valence-corrected chi connectivity index (χ3v) is 4.63. The smallest absolute Gasteiger partial charge is 0.411 e. The maximum absolute atomic E-state index is 14.3. The van der Waals surface area contributed by atoms with Gasteiger partial charge in [-0.1, -0.05) is 25.2 Å². The van der Waals surface area contributed by atoms with Crippen molar-refractivity contribution in [2.24, 2.45) is 0 Å². The predicted molar refractivity (Wildman–Crippen MR) is 103 cm³/mol. The number of anilines is 1. The summed E-state index contributed by atoms with van der Waals surface area (Å²) >= 11 is 0.968. The summed E-state index contributed by atoms with van der Waals surface area (Å²) in [6.45, 7) is 6.09. The quantitative estimate of drug-likeness (QED) is 0.701. The van der Waals surface area contributed by atoms with E-state index in [4.69, 9.17) is 4.74 Å². The lowest BCUT2D eigenvalue weighted by Crippen LogP contribution is -2.25. The molecule has 2 rings (SSSR count). The maximum Gasteiger partial charge on any atom is 0.411 e. The molecule has 146 valence electrons. The number of aromatic nitrogens is 1. The first kappa shape index (κ1) is 20.6. The molecule has 2 N–H and O–H groups in total. The number of benzene rings is 1. The highest BCUT2D eigenvalue weighted by Crippen LogP contribution is 2.25. The van der Waals surface area contributed by atoms with Crippen molar-refractivity contribution in [2.75, 3.05) is 11.9 Å². The molecule has 0 bridgehead atoms. The molecule has 0 atom stereocenters. The van der Waals surface area contributed by atoms with Crippen LogP contribution in [0.15, 0.2) is 28.7 Å². The number of alkyl carbamates (subject to hydrolysis) is 1. The maximum atomic E-state index is 14.3. The van der Waals surface area contributed by atoms with Crippen LogP contribution in [0.3, 0.4) is 0 Å². The second-order valence-electron chi connectivity index (χ2n) is 5.68. The Morgan fingerprint density at radius 2 is 2.04 bits per heavy atom. The molecule has 9 heteroatoms. The van der Waals surface area contributed by atoms with Crippen molar-refractivity contribution in [2.45, 2.75) is 40.2 Å². The number of nitrogens with one attached hydrogen (secondary N) is 2. The Bertz CT molecular complexity index is 933. The molecule has 0 aliphatic rings. The van der Waals surface area contributed by atoms with Gasteiger partial charge in [-0.3, -0.25) is 19.5 Å². The van der Waals surface area contributed by atoms with Crippen LogP contribution in [0, 0.1) is 5.82 Å². The third kappa shape index (κ3) is 5.16. The molecular weight excluding hydrogens is 373 g/mol. The summed E-state index contributed by atoms with van der Waals surface area (Å²) in [6, 6.07) is 2.69. The molecule has 1 aromatic carbocycles. The summed E-state index contributed by atoms with van der Waals surface area (Å²) in [5, 5.41) is 4.92. The number of hydrogen-bond donors (Lipinski definition) is 2. The van der Waals surface area contributed by atoms with E-state index >= 15 is 0 Å². The van der Waals surface area contributed by atoms with Gasteiger partial charge in [0.1, 0.15) is 5.82 Å². The minimum atomic E-state index is -0.659. The molecule has 27 heavy (non-hydrogen) atoms. The van der Waals surface area contributed by atoms with Crippen molar-refractivity contribution >= 4 is 39.2 Å². The van der Waals surface area contributed by atoms with Gasteiger partial charge in [-0.05, 0) is 31.9 Å². The SMILES string of the molecule is CCCn1c(=O)sc2cc(F)c(NC(=O)C=C(CC)NC(=O)OCC)cc21. The van der Waals surface area contributed by atoms with Crippen molar-refractivity contribution in [3.8, 4) is 0 Å². The van der Waals surface area contributed by atoms with Crippen LogP contribution in [0.25, 0.3) is 10.2 Å². The van der Waals surface area contributed by atoms with Gasteiger partial charge in [0.2, 0.25) is 5.91 Å². The summed E-state index contributed by atoms with van der Waals surface area (Å²) in [5.41, 5.74) is 0.886. The fourth-order valence-electron chi connectivity index (χ4n) is 2.47. The van der Waals surface area contributed by atoms with E-state index in [1.807, 2.05) is 6.92 Å². The minimum absolute atomic E-state index is 0.0296. The van der Waals surface area contributed by atoms with Crippen LogP contribution in [0.4, 0.5) is 14.9 Å². The zero-order valence-corrected chi connectivity index (χ0v) is 16.2. The van der Waals surface area contributed by atoms with Crippen molar-refractivity contribution in [1.82, 2.24) is 9.88 Å².